The summed E-state index contributed by atoms with van der Waals surface area (Å²) in [7, 11) is 0. The first-order chi connectivity index (χ1) is 12.3. The van der Waals surface area contributed by atoms with Crippen molar-refractivity contribution in [1.82, 2.24) is 29.6 Å². The second kappa shape index (κ2) is 7.14. The fraction of sp³-hybridized carbons (Fsp3) is 0.444. The van der Waals surface area contributed by atoms with Gasteiger partial charge in [0.05, 0.1) is 10.9 Å². The van der Waals surface area contributed by atoms with E-state index in [0.717, 1.165) is 43.9 Å². The standard InChI is InChI=1S/C18H22N6O/c25-18-15-5-1-2-6-16(15)21-17(22-18)7-9-23-8-3-4-14(10-23)11-24-13-19-12-20-24/h1-2,5-6,12-14H,3-4,7-11H2,(H,21,22,25). The molecule has 7 heteroatoms. The zero-order valence-electron chi connectivity index (χ0n) is 14.1. The zero-order valence-corrected chi connectivity index (χ0v) is 14.1. The summed E-state index contributed by atoms with van der Waals surface area (Å²) >= 11 is 0. The van der Waals surface area contributed by atoms with Crippen LogP contribution in [0.1, 0.15) is 18.7 Å². The van der Waals surface area contributed by atoms with Gasteiger partial charge in [-0.3, -0.25) is 9.48 Å². The summed E-state index contributed by atoms with van der Waals surface area (Å²) in [5.41, 5.74) is 0.715. The summed E-state index contributed by atoms with van der Waals surface area (Å²) in [4.78, 5) is 26.1. The molecule has 1 atom stereocenters. The Hall–Kier alpha value is -2.54. The molecule has 0 spiro atoms. The molecule has 1 aromatic carbocycles. The monoisotopic (exact) mass is 338 g/mol. The minimum Gasteiger partial charge on any atom is -0.310 e. The molecule has 0 aliphatic carbocycles. The lowest BCUT2D eigenvalue weighted by molar-refractivity contribution is 0.160. The van der Waals surface area contributed by atoms with E-state index in [2.05, 4.69) is 25.0 Å². The van der Waals surface area contributed by atoms with E-state index >= 15 is 0 Å². The smallest absolute Gasteiger partial charge is 0.258 e. The first-order valence-electron chi connectivity index (χ1n) is 8.80. The maximum Gasteiger partial charge on any atom is 0.258 e. The van der Waals surface area contributed by atoms with Crippen LogP contribution >= 0.6 is 0 Å². The summed E-state index contributed by atoms with van der Waals surface area (Å²) in [6.45, 7) is 3.99. The van der Waals surface area contributed by atoms with Gasteiger partial charge in [0.1, 0.15) is 18.5 Å². The number of likely N-dealkylation sites (tertiary alicyclic amines) is 1. The lowest BCUT2D eigenvalue weighted by Gasteiger charge is -2.32. The predicted molar refractivity (Wildman–Crippen MR) is 95.3 cm³/mol. The number of H-pyrrole nitrogens is 1. The third kappa shape index (κ3) is 3.76. The largest absolute Gasteiger partial charge is 0.310 e. The molecule has 25 heavy (non-hydrogen) atoms. The van der Waals surface area contributed by atoms with Gasteiger partial charge < -0.3 is 9.88 Å². The van der Waals surface area contributed by atoms with Crippen LogP contribution in [0.15, 0.2) is 41.7 Å². The van der Waals surface area contributed by atoms with Gasteiger partial charge >= 0.3 is 0 Å². The highest BCUT2D eigenvalue weighted by atomic mass is 16.1. The molecule has 1 aliphatic heterocycles. The van der Waals surface area contributed by atoms with E-state index in [4.69, 9.17) is 0 Å². The topological polar surface area (TPSA) is 79.7 Å². The molecule has 7 nitrogen and oxygen atoms in total. The van der Waals surface area contributed by atoms with Gasteiger partial charge in [-0.25, -0.2) is 9.97 Å². The molecule has 3 heterocycles. The minimum atomic E-state index is -0.0525. The van der Waals surface area contributed by atoms with Gasteiger partial charge in [-0.1, -0.05) is 12.1 Å². The van der Waals surface area contributed by atoms with E-state index < -0.39 is 0 Å². The van der Waals surface area contributed by atoms with E-state index in [1.54, 1.807) is 12.7 Å². The van der Waals surface area contributed by atoms with E-state index in [-0.39, 0.29) is 5.56 Å². The van der Waals surface area contributed by atoms with Gasteiger partial charge in [0, 0.05) is 26.1 Å². The minimum absolute atomic E-state index is 0.0525. The zero-order chi connectivity index (χ0) is 17.1. The van der Waals surface area contributed by atoms with E-state index in [9.17, 15) is 4.79 Å². The number of para-hydroxylation sites is 1. The van der Waals surface area contributed by atoms with Crippen LogP contribution in [-0.2, 0) is 13.0 Å². The number of piperidine rings is 1. The van der Waals surface area contributed by atoms with Crippen LogP contribution in [0.4, 0.5) is 0 Å². The molecule has 130 valence electrons. The number of nitrogens with zero attached hydrogens (tertiary/aromatic N) is 5. The fourth-order valence-electron chi connectivity index (χ4n) is 3.61. The van der Waals surface area contributed by atoms with Crippen molar-refractivity contribution in [3.8, 4) is 0 Å². The Kier molecular flexibility index (Phi) is 4.56. The normalized spacial score (nSPS) is 18.6. The Morgan fingerprint density at radius 2 is 2.20 bits per heavy atom. The van der Waals surface area contributed by atoms with E-state index in [0.29, 0.717) is 11.3 Å². The highest BCUT2D eigenvalue weighted by molar-refractivity contribution is 5.77. The molecule has 1 saturated heterocycles. The first-order valence-corrected chi connectivity index (χ1v) is 8.80. The van der Waals surface area contributed by atoms with Crippen molar-refractivity contribution < 1.29 is 0 Å². The van der Waals surface area contributed by atoms with Crippen LogP contribution in [-0.4, -0.2) is 49.3 Å². The van der Waals surface area contributed by atoms with Crippen LogP contribution < -0.4 is 5.56 Å². The quantitative estimate of drug-likeness (QED) is 0.762. The van der Waals surface area contributed by atoms with Crippen molar-refractivity contribution in [3.05, 3.63) is 53.1 Å². The van der Waals surface area contributed by atoms with Crippen molar-refractivity contribution in [3.63, 3.8) is 0 Å². The third-order valence-electron chi connectivity index (χ3n) is 4.84. The number of benzene rings is 1. The number of fused-ring (bicyclic) bond motifs is 1. The number of aromatic nitrogens is 5. The molecule has 2 aromatic heterocycles. The molecule has 0 saturated carbocycles. The number of hydrogen-bond acceptors (Lipinski definition) is 5. The van der Waals surface area contributed by atoms with E-state index in [1.807, 2.05) is 28.9 Å². The van der Waals surface area contributed by atoms with E-state index in [1.165, 1.54) is 12.8 Å². The predicted octanol–water partition coefficient (Wildman–Crippen LogP) is 1.47. The van der Waals surface area contributed by atoms with Crippen LogP contribution in [0.5, 0.6) is 0 Å². The number of hydrogen-bond donors (Lipinski definition) is 1. The molecule has 0 radical (unpaired) electrons. The molecule has 1 N–H and O–H groups in total. The van der Waals surface area contributed by atoms with Crippen LogP contribution in [0, 0.1) is 5.92 Å². The summed E-state index contributed by atoms with van der Waals surface area (Å²) in [5.74, 6) is 1.36. The Morgan fingerprint density at radius 3 is 3.08 bits per heavy atom. The number of nitrogens with one attached hydrogen (secondary N) is 1. The second-order valence-corrected chi connectivity index (χ2v) is 6.71. The Balaban J connectivity index is 1.38. The van der Waals surface area contributed by atoms with Crippen molar-refractivity contribution >= 4 is 10.9 Å². The van der Waals surface area contributed by atoms with Crippen molar-refractivity contribution in [2.45, 2.75) is 25.8 Å². The average molecular weight is 338 g/mol. The molecule has 0 amide bonds. The van der Waals surface area contributed by atoms with Crippen LogP contribution in [0.25, 0.3) is 10.9 Å². The highest BCUT2D eigenvalue weighted by Gasteiger charge is 2.20. The molecule has 0 bridgehead atoms. The lowest BCUT2D eigenvalue weighted by Crippen LogP contribution is -2.38. The maximum absolute atomic E-state index is 12.2. The Bertz CT molecular complexity index is 888. The number of aromatic amines is 1. The SMILES string of the molecule is O=c1[nH]c(CCN2CCCC(Cn3cncn3)C2)nc2ccccc12. The maximum atomic E-state index is 12.2. The van der Waals surface area contributed by atoms with Crippen LogP contribution in [0.3, 0.4) is 0 Å². The van der Waals surface area contributed by atoms with Crippen molar-refractivity contribution in [2.24, 2.45) is 5.92 Å². The van der Waals surface area contributed by atoms with Gasteiger partial charge in [0.2, 0.25) is 0 Å². The molecular weight excluding hydrogens is 316 g/mol. The van der Waals surface area contributed by atoms with Crippen molar-refractivity contribution in [1.29, 1.82) is 0 Å². The second-order valence-electron chi connectivity index (χ2n) is 6.71. The summed E-state index contributed by atoms with van der Waals surface area (Å²) in [6.07, 6.45) is 6.55. The average Bonchev–Trinajstić information content (AvgIpc) is 3.13. The van der Waals surface area contributed by atoms with Gasteiger partial charge in [0.25, 0.3) is 5.56 Å². The third-order valence-corrected chi connectivity index (χ3v) is 4.84. The Morgan fingerprint density at radius 1 is 1.28 bits per heavy atom. The van der Waals surface area contributed by atoms with Gasteiger partial charge in [-0.05, 0) is 37.4 Å². The summed E-state index contributed by atoms with van der Waals surface area (Å²) in [6, 6.07) is 7.48. The molecule has 3 aromatic rings. The number of rotatable bonds is 5. The lowest BCUT2D eigenvalue weighted by atomic mass is 9.98. The van der Waals surface area contributed by atoms with Gasteiger partial charge in [-0.15, -0.1) is 0 Å². The molecular formula is C18H22N6O. The fourth-order valence-corrected chi connectivity index (χ4v) is 3.61. The highest BCUT2D eigenvalue weighted by Crippen LogP contribution is 2.18. The van der Waals surface area contributed by atoms with Crippen molar-refractivity contribution in [2.75, 3.05) is 19.6 Å². The van der Waals surface area contributed by atoms with Gasteiger partial charge in [0.15, 0.2) is 0 Å². The molecule has 1 fully saturated rings. The first kappa shape index (κ1) is 16.0. The molecule has 1 aliphatic rings. The summed E-state index contributed by atoms with van der Waals surface area (Å²) in [5, 5.41) is 4.86. The molecule has 1 unspecified atom stereocenters. The van der Waals surface area contributed by atoms with Crippen LogP contribution in [0.2, 0.25) is 0 Å². The summed E-state index contributed by atoms with van der Waals surface area (Å²) < 4.78 is 1.91. The Labute approximate surface area is 145 Å². The molecule has 4 rings (SSSR count). The van der Waals surface area contributed by atoms with Gasteiger partial charge in [-0.2, -0.15) is 5.10 Å².